The Labute approximate surface area is 119 Å². The minimum Gasteiger partial charge on any atom is 0 e. The van der Waals surface area contributed by atoms with Crippen molar-refractivity contribution in [2.24, 2.45) is 0 Å². The van der Waals surface area contributed by atoms with Crippen molar-refractivity contribution in [1.82, 2.24) is 0 Å². The molecule has 0 saturated carbocycles. The van der Waals surface area contributed by atoms with Crippen LogP contribution < -0.4 is 0 Å². The molecule has 1 radical (unpaired) electrons. The van der Waals surface area contributed by atoms with Crippen LogP contribution in [0.3, 0.4) is 0 Å². The van der Waals surface area contributed by atoms with E-state index in [1.54, 1.807) is 0 Å². The second-order valence-electron chi connectivity index (χ2n) is 0.129. The molecule has 0 amide bonds. The van der Waals surface area contributed by atoms with E-state index in [0.29, 0.717) is 0 Å². The second kappa shape index (κ2) is 12.4. The monoisotopic (exact) mass is 593 g/mol. The Morgan fingerprint density at radius 1 is 1.00 bits per heavy atom. The topological polar surface area (TPSA) is 0 Å². The van der Waals surface area contributed by atoms with E-state index in [2.05, 4.69) is 0 Å². The predicted octanol–water partition coefficient (Wildman–Crippen LogP) is 2.07. The van der Waals surface area contributed by atoms with Gasteiger partial charge in [0.25, 0.3) is 0 Å². The smallest absolute Gasteiger partial charge is 0 e. The van der Waals surface area contributed by atoms with Crippen LogP contribution in [-0.2, 0) is 0 Å². The van der Waals surface area contributed by atoms with Crippen molar-refractivity contribution in [3.63, 3.8) is 0 Å². The molecule has 0 bridgehead atoms. The molecule has 0 N–H and O–H groups in total. The van der Waals surface area contributed by atoms with Crippen molar-refractivity contribution in [3.8, 4) is 0 Å². The maximum absolute atomic E-state index is 4.95. The Kier molecular flexibility index (Phi) is 35.0. The predicted molar refractivity (Wildman–Crippen MR) is 17.6 cm³/mol. The molecule has 0 aromatic heterocycles. The van der Waals surface area contributed by atoms with Crippen molar-refractivity contribution in [2.75, 3.05) is 0 Å². The Morgan fingerprint density at radius 3 is 1.00 bits per heavy atom. The SMILES string of the molecule is [Cl][Ho]([Cl])[Cl].[Dy].[Tb]. The number of halogens is 3. The molecular formula is Cl3DyHoTb. The molecule has 0 aliphatic heterocycles. The molecular weight excluding hydrogens is 593 g/mol. The van der Waals surface area contributed by atoms with Crippen LogP contribution >= 0.6 is 19.2 Å². The van der Waals surface area contributed by atoms with E-state index in [9.17, 15) is 0 Å². The first kappa shape index (κ1) is 17.0. The molecule has 0 aromatic rings. The van der Waals surface area contributed by atoms with Gasteiger partial charge >= 0.3 is 46.6 Å². The van der Waals surface area contributed by atoms with Gasteiger partial charge in [-0.15, -0.1) is 0 Å². The molecule has 0 heterocycles. The average molecular weight is 593 g/mol. The van der Waals surface area contributed by atoms with Gasteiger partial charge in [0.05, 0.1) is 0 Å². The van der Waals surface area contributed by atoms with Gasteiger partial charge in [0, 0.05) is 76.8 Å². The van der Waals surface area contributed by atoms with Crippen molar-refractivity contribution in [2.45, 2.75) is 0 Å². The van der Waals surface area contributed by atoms with Crippen LogP contribution in [0, 0.1) is 104 Å². The molecule has 0 aliphatic carbocycles. The first-order chi connectivity index (χ1) is 1.73. The molecule has 0 fully saturated rings. The molecule has 0 aromatic carbocycles. The summed E-state index contributed by atoms with van der Waals surface area (Å²) in [6, 6.07) is 0. The maximum atomic E-state index is 4.95. The van der Waals surface area contributed by atoms with Crippen molar-refractivity contribution < 1.29 is 104 Å². The van der Waals surface area contributed by atoms with E-state index < -0.39 is 27.4 Å². The van der Waals surface area contributed by atoms with Crippen LogP contribution in [0.4, 0.5) is 0 Å². The van der Waals surface area contributed by atoms with Gasteiger partial charge in [0.2, 0.25) is 0 Å². The van der Waals surface area contributed by atoms with E-state index in [1.807, 2.05) is 0 Å². The van der Waals surface area contributed by atoms with E-state index in [4.69, 9.17) is 19.2 Å². The molecule has 6 heteroatoms. The van der Waals surface area contributed by atoms with Crippen LogP contribution in [0.1, 0.15) is 0 Å². The molecule has 0 rings (SSSR count). The maximum Gasteiger partial charge on any atom is 0 e. The molecule has 51 valence electrons. The van der Waals surface area contributed by atoms with Gasteiger partial charge in [-0.2, -0.15) is 0 Å². The van der Waals surface area contributed by atoms with Crippen LogP contribution in [0.15, 0.2) is 0 Å². The fraction of sp³-hybridized carbons (Fsp3) is 0. The third-order valence-electron chi connectivity index (χ3n) is 0. The summed E-state index contributed by atoms with van der Waals surface area (Å²) in [5.74, 6) is 0. The third kappa shape index (κ3) is 23.4. The van der Waals surface area contributed by atoms with Crippen LogP contribution in [-0.4, -0.2) is 0 Å². The number of hydrogen-bond acceptors (Lipinski definition) is 0. The van der Waals surface area contributed by atoms with Crippen LogP contribution in [0.2, 0.25) is 0 Å². The fourth-order valence-electron chi connectivity index (χ4n) is 0. The Bertz CT molecular complexity index is 15.5. The van der Waals surface area contributed by atoms with Gasteiger partial charge in [-0.25, -0.2) is 0 Å². The van der Waals surface area contributed by atoms with Gasteiger partial charge < -0.3 is 0 Å². The molecule has 0 atom stereocenters. The van der Waals surface area contributed by atoms with Gasteiger partial charge in [0.15, 0.2) is 0 Å². The van der Waals surface area contributed by atoms with Gasteiger partial charge in [-0.1, -0.05) is 0 Å². The standard InChI is InChI=1S/3ClH.Dy.Ho.Tb/h3*1H;;;/q;;;;+3;/p-3. The summed E-state index contributed by atoms with van der Waals surface area (Å²) in [6.45, 7) is 0. The summed E-state index contributed by atoms with van der Waals surface area (Å²) in [5, 5.41) is 0. The van der Waals surface area contributed by atoms with Gasteiger partial charge in [0.1, 0.15) is 0 Å². The van der Waals surface area contributed by atoms with E-state index in [1.165, 1.54) is 0 Å². The molecule has 6 heavy (non-hydrogen) atoms. The van der Waals surface area contributed by atoms with Crippen LogP contribution in [0.25, 0.3) is 0 Å². The summed E-state index contributed by atoms with van der Waals surface area (Å²) in [7, 11) is 0. The Hall–Kier alpha value is 4.69. The molecule has 0 spiro atoms. The number of hydrogen-bond donors (Lipinski definition) is 0. The summed E-state index contributed by atoms with van der Waals surface area (Å²) >= 11 is -1.79. The van der Waals surface area contributed by atoms with Crippen molar-refractivity contribution >= 4 is 19.2 Å². The minimum absolute atomic E-state index is 0. The quantitative estimate of drug-likeness (QED) is 0.378. The normalized spacial score (nSPS) is 7.50. The zero-order valence-corrected chi connectivity index (χ0v) is 10.5. The summed E-state index contributed by atoms with van der Waals surface area (Å²) in [5.41, 5.74) is 0. The first-order valence-electron chi connectivity index (χ1n) is 0.342. The Morgan fingerprint density at radius 2 is 1.00 bits per heavy atom. The van der Waals surface area contributed by atoms with Crippen molar-refractivity contribution in [1.29, 1.82) is 0 Å². The van der Waals surface area contributed by atoms with Crippen LogP contribution in [0.5, 0.6) is 0 Å². The zero-order chi connectivity index (χ0) is 3.58. The first-order valence-corrected chi connectivity index (χ1v) is 7.61. The number of rotatable bonds is 0. The van der Waals surface area contributed by atoms with E-state index in [-0.39, 0.29) is 76.8 Å². The van der Waals surface area contributed by atoms with Gasteiger partial charge in [-0.05, 0) is 0 Å². The molecule has 0 unspecified atom stereocenters. The second-order valence-corrected chi connectivity index (χ2v) is 8.62. The minimum atomic E-state index is -1.79. The summed E-state index contributed by atoms with van der Waals surface area (Å²) in [6.07, 6.45) is 14.9. The summed E-state index contributed by atoms with van der Waals surface area (Å²) in [4.78, 5) is 0. The third-order valence-corrected chi connectivity index (χ3v) is 0. The molecule has 0 saturated heterocycles. The largest absolute Gasteiger partial charge is 0 e. The zero-order valence-electron chi connectivity index (χ0n) is 2.08. The summed E-state index contributed by atoms with van der Waals surface area (Å²) < 4.78 is 0. The van der Waals surface area contributed by atoms with Crippen molar-refractivity contribution in [3.05, 3.63) is 0 Å². The molecule has 0 aliphatic rings. The average Bonchev–Trinajstić information content (AvgIpc) is 0.811. The van der Waals surface area contributed by atoms with E-state index in [0.717, 1.165) is 0 Å². The fourth-order valence-corrected chi connectivity index (χ4v) is 0. The molecule has 0 nitrogen and oxygen atoms in total. The Balaban J connectivity index is -0.0000000450. The van der Waals surface area contributed by atoms with E-state index >= 15 is 0 Å². The van der Waals surface area contributed by atoms with Gasteiger partial charge in [-0.3, -0.25) is 0 Å².